The van der Waals surface area contributed by atoms with Crippen LogP contribution in [0.4, 0.5) is 4.79 Å². The van der Waals surface area contributed by atoms with Crippen molar-refractivity contribution < 1.29 is 24.2 Å². The van der Waals surface area contributed by atoms with Crippen LogP contribution in [0.5, 0.6) is 0 Å². The molecule has 2 aromatic carbocycles. The van der Waals surface area contributed by atoms with E-state index < -0.39 is 33.7 Å². The molecule has 1 amide bonds. The van der Waals surface area contributed by atoms with Gasteiger partial charge in [0.1, 0.15) is 5.60 Å². The highest BCUT2D eigenvalue weighted by Gasteiger charge is 2.42. The van der Waals surface area contributed by atoms with Crippen LogP contribution < -0.4 is 11.1 Å². The fraction of sp³-hybridized carbons (Fsp3) is 0.556. The molecule has 0 bridgehead atoms. The molecule has 1 atom stereocenters. The smallest absolute Gasteiger partial charge is 0.409 e. The molecule has 2 rings (SSSR count). The molecule has 0 radical (unpaired) electrons. The Balaban J connectivity index is 0.000000658. The molecule has 196 valence electrons. The number of nitrogens with two attached hydrogens (primary N) is 1. The van der Waals surface area contributed by atoms with Gasteiger partial charge in [-0.1, -0.05) is 36.4 Å². The predicted molar refractivity (Wildman–Crippen MR) is 145 cm³/mol. The first-order valence-electron chi connectivity index (χ1n) is 11.5. The summed E-state index contributed by atoms with van der Waals surface area (Å²) in [5.41, 5.74) is 5.71. The number of hydrogen-bond acceptors (Lipinski definition) is 7. The first-order chi connectivity index (χ1) is 15.9. The Bertz CT molecular complexity index is 1010. The Morgan fingerprint density at radius 2 is 1.51 bits per heavy atom. The third kappa shape index (κ3) is 8.70. The molecule has 2 aromatic rings. The number of amides is 1. The third-order valence-electron chi connectivity index (χ3n) is 5.81. The molecule has 0 heterocycles. The van der Waals surface area contributed by atoms with Crippen molar-refractivity contribution in [1.82, 2.24) is 5.32 Å². The van der Waals surface area contributed by atoms with E-state index in [0.717, 1.165) is 21.9 Å². The van der Waals surface area contributed by atoms with E-state index in [0.29, 0.717) is 0 Å². The van der Waals surface area contributed by atoms with Gasteiger partial charge in [0.2, 0.25) is 0 Å². The highest BCUT2D eigenvalue weighted by molar-refractivity contribution is 8.00. The van der Waals surface area contributed by atoms with Gasteiger partial charge in [0.15, 0.2) is 4.87 Å². The molecule has 7 nitrogen and oxygen atoms in total. The highest BCUT2D eigenvalue weighted by atomic mass is 32.2. The molecule has 0 aliphatic rings. The van der Waals surface area contributed by atoms with Gasteiger partial charge in [-0.2, -0.15) is 0 Å². The number of fused-ring (bicyclic) bond motifs is 1. The number of aliphatic hydroxyl groups is 1. The van der Waals surface area contributed by atoms with Gasteiger partial charge in [-0.15, -0.1) is 11.8 Å². The zero-order valence-corrected chi connectivity index (χ0v) is 23.6. The molecule has 0 saturated heterocycles. The van der Waals surface area contributed by atoms with Gasteiger partial charge in [0, 0.05) is 12.0 Å². The van der Waals surface area contributed by atoms with Gasteiger partial charge >= 0.3 is 12.1 Å². The topological polar surface area (TPSA) is 111 Å². The Morgan fingerprint density at radius 1 is 1.00 bits per heavy atom. The van der Waals surface area contributed by atoms with E-state index in [1.54, 1.807) is 54.7 Å². The zero-order valence-electron chi connectivity index (χ0n) is 22.7. The quantitative estimate of drug-likeness (QED) is 0.376. The maximum atomic E-state index is 12.7. The number of thioether (sulfide) groups is 1. The molecular weight excluding hydrogens is 464 g/mol. The fourth-order valence-electron chi connectivity index (χ4n) is 2.96. The second-order valence-corrected chi connectivity index (χ2v) is 11.8. The lowest BCUT2D eigenvalue weighted by Crippen LogP contribution is -2.55. The average Bonchev–Trinajstić information content (AvgIpc) is 2.71. The number of aryl methyl sites for hydroxylation is 1. The van der Waals surface area contributed by atoms with E-state index in [-0.39, 0.29) is 6.42 Å². The normalized spacial score (nSPS) is 13.8. The van der Waals surface area contributed by atoms with Crippen molar-refractivity contribution in [3.63, 3.8) is 0 Å². The summed E-state index contributed by atoms with van der Waals surface area (Å²) in [6.07, 6.45) is 1.39. The van der Waals surface area contributed by atoms with Crippen molar-refractivity contribution in [2.75, 3.05) is 13.4 Å². The lowest BCUT2D eigenvalue weighted by atomic mass is 9.87. The Hall–Kier alpha value is -2.29. The fourth-order valence-corrected chi connectivity index (χ4v) is 3.70. The first kappa shape index (κ1) is 30.7. The zero-order chi connectivity index (χ0) is 27.2. The second-order valence-electron chi connectivity index (χ2n) is 10.7. The van der Waals surface area contributed by atoms with Crippen molar-refractivity contribution in [2.45, 2.75) is 83.4 Å². The number of hydrogen-bond donors (Lipinski definition) is 3. The van der Waals surface area contributed by atoms with E-state index in [1.807, 2.05) is 43.3 Å². The lowest BCUT2D eigenvalue weighted by molar-refractivity contribution is -0.144. The summed E-state index contributed by atoms with van der Waals surface area (Å²) in [5.74, 6) is -0.523. The maximum absolute atomic E-state index is 12.7. The lowest BCUT2D eigenvalue weighted by Gasteiger charge is -2.32. The van der Waals surface area contributed by atoms with Crippen LogP contribution in [0.2, 0.25) is 0 Å². The predicted octanol–water partition coefficient (Wildman–Crippen LogP) is 4.94. The largest absolute Gasteiger partial charge is 0.467 e. The summed E-state index contributed by atoms with van der Waals surface area (Å²) in [5, 5.41) is 14.1. The molecule has 4 N–H and O–H groups in total. The van der Waals surface area contributed by atoms with Crippen LogP contribution in [0.15, 0.2) is 36.4 Å². The SMILES string of the molecule is CC(C)(N)C(C)(C)O.COC(=O)[C@@](Cc1cccc2c(C)cccc12)(NC(=O)OC(C)(C)C)SC. The second kappa shape index (κ2) is 11.6. The van der Waals surface area contributed by atoms with Gasteiger partial charge in [-0.25, -0.2) is 9.59 Å². The van der Waals surface area contributed by atoms with Crippen molar-refractivity contribution in [3.05, 3.63) is 47.5 Å². The van der Waals surface area contributed by atoms with E-state index in [2.05, 4.69) is 5.32 Å². The summed E-state index contributed by atoms with van der Waals surface area (Å²) in [6.45, 7) is 14.4. The molecule has 0 aliphatic heterocycles. The molecule has 0 aliphatic carbocycles. The van der Waals surface area contributed by atoms with Crippen molar-refractivity contribution in [3.8, 4) is 0 Å². The summed E-state index contributed by atoms with van der Waals surface area (Å²) >= 11 is 1.23. The van der Waals surface area contributed by atoms with Crippen LogP contribution in [-0.2, 0) is 20.7 Å². The van der Waals surface area contributed by atoms with Gasteiger partial charge in [0.05, 0.1) is 12.7 Å². The Labute approximate surface area is 214 Å². The van der Waals surface area contributed by atoms with Crippen LogP contribution in [0.3, 0.4) is 0 Å². The number of alkyl carbamates (subject to hydrolysis) is 1. The number of nitrogens with one attached hydrogen (secondary N) is 1. The van der Waals surface area contributed by atoms with Crippen LogP contribution in [0.25, 0.3) is 10.8 Å². The van der Waals surface area contributed by atoms with Crippen LogP contribution >= 0.6 is 11.8 Å². The minimum Gasteiger partial charge on any atom is -0.467 e. The minimum atomic E-state index is -1.28. The van der Waals surface area contributed by atoms with E-state index in [1.165, 1.54) is 18.9 Å². The van der Waals surface area contributed by atoms with E-state index in [9.17, 15) is 14.7 Å². The summed E-state index contributed by atoms with van der Waals surface area (Å²) in [6, 6.07) is 12.0. The van der Waals surface area contributed by atoms with E-state index in [4.69, 9.17) is 15.2 Å². The van der Waals surface area contributed by atoms with Gasteiger partial charge in [-0.3, -0.25) is 5.32 Å². The van der Waals surface area contributed by atoms with Gasteiger partial charge < -0.3 is 20.3 Å². The monoisotopic (exact) mass is 506 g/mol. The van der Waals surface area contributed by atoms with Crippen LogP contribution in [0.1, 0.15) is 59.6 Å². The third-order valence-corrected chi connectivity index (χ3v) is 6.92. The number of esters is 1. The molecule has 0 unspecified atom stereocenters. The molecule has 8 heteroatoms. The summed E-state index contributed by atoms with van der Waals surface area (Å²) in [7, 11) is 1.32. The number of methoxy groups -OCH3 is 1. The molecule has 0 aromatic heterocycles. The molecule has 0 spiro atoms. The van der Waals surface area contributed by atoms with E-state index >= 15 is 0 Å². The first-order valence-corrected chi connectivity index (χ1v) is 12.7. The Morgan fingerprint density at radius 3 is 1.97 bits per heavy atom. The maximum Gasteiger partial charge on any atom is 0.409 e. The number of carbonyl (C=O) groups excluding carboxylic acids is 2. The van der Waals surface area contributed by atoms with Gasteiger partial charge in [0.25, 0.3) is 0 Å². The number of carbonyl (C=O) groups is 2. The average molecular weight is 507 g/mol. The minimum absolute atomic E-state index is 0.279. The van der Waals surface area contributed by atoms with Crippen molar-refractivity contribution in [1.29, 1.82) is 0 Å². The summed E-state index contributed by atoms with van der Waals surface area (Å²) in [4.78, 5) is 23.8. The summed E-state index contributed by atoms with van der Waals surface area (Å²) < 4.78 is 10.4. The Kier molecular flexibility index (Phi) is 10.2. The molecule has 0 saturated carbocycles. The number of ether oxygens (including phenoxy) is 2. The number of benzene rings is 2. The highest BCUT2D eigenvalue weighted by Crippen LogP contribution is 2.31. The van der Waals surface area contributed by atoms with Gasteiger partial charge in [-0.05, 0) is 83.5 Å². The van der Waals surface area contributed by atoms with Crippen molar-refractivity contribution >= 4 is 34.6 Å². The molecule has 35 heavy (non-hydrogen) atoms. The van der Waals surface area contributed by atoms with Crippen molar-refractivity contribution in [2.24, 2.45) is 5.73 Å². The molecule has 0 fully saturated rings. The van der Waals surface area contributed by atoms with Crippen LogP contribution in [0, 0.1) is 6.92 Å². The number of rotatable bonds is 6. The molecular formula is C27H42N2O5S. The van der Waals surface area contributed by atoms with Crippen LogP contribution in [-0.4, -0.2) is 52.1 Å². The standard InChI is InChI=1S/C21H27NO4S.C6H15NO/c1-14-9-7-12-17-15(10-8-11-16(14)17)13-21(27-6,18(23)25-5)22-19(24)26-20(2,3)4;1-5(2,7)6(3,4)8/h7-12H,13H2,1-6H3,(H,22,24);8H,7H2,1-4H3/t21-;/m0./s1.